The molecule has 4 aromatic carbocycles. The lowest BCUT2D eigenvalue weighted by molar-refractivity contribution is 0.0242. The Morgan fingerprint density at radius 1 is 0.611 bits per heavy atom. The first kappa shape index (κ1) is 24.5. The molecule has 36 heavy (non-hydrogen) atoms. The smallest absolute Gasteiger partial charge is 0.127 e. The average Bonchev–Trinajstić information content (AvgIpc) is 2.91. The van der Waals surface area contributed by atoms with Gasteiger partial charge in [0, 0.05) is 44.7 Å². The average molecular weight is 487 g/mol. The van der Waals surface area contributed by atoms with Gasteiger partial charge >= 0.3 is 0 Å². The maximum atomic E-state index is 10.6. The van der Waals surface area contributed by atoms with Crippen molar-refractivity contribution in [2.45, 2.75) is 12.2 Å². The van der Waals surface area contributed by atoms with Crippen LogP contribution in [0.25, 0.3) is 21.5 Å². The predicted molar refractivity (Wildman–Crippen MR) is 144 cm³/mol. The van der Waals surface area contributed by atoms with Crippen molar-refractivity contribution in [2.75, 3.05) is 52.5 Å². The van der Waals surface area contributed by atoms with Crippen molar-refractivity contribution in [1.82, 2.24) is 9.80 Å². The normalized spacial score (nSPS) is 16.7. The lowest BCUT2D eigenvalue weighted by Gasteiger charge is -2.36. The summed E-state index contributed by atoms with van der Waals surface area (Å²) in [6.07, 6.45) is -1.11. The highest BCUT2D eigenvalue weighted by atomic mass is 16.5. The molecule has 1 fully saturated rings. The molecule has 0 unspecified atom stereocenters. The minimum absolute atomic E-state index is 0.263. The van der Waals surface area contributed by atoms with E-state index in [0.29, 0.717) is 13.1 Å². The number of hydrogen-bond acceptors (Lipinski definition) is 6. The lowest BCUT2D eigenvalue weighted by Crippen LogP contribution is -2.51. The fourth-order valence-corrected chi connectivity index (χ4v) is 4.81. The molecule has 0 amide bonds. The molecule has 1 aliphatic heterocycles. The van der Waals surface area contributed by atoms with E-state index >= 15 is 0 Å². The van der Waals surface area contributed by atoms with Gasteiger partial charge in [0.1, 0.15) is 36.9 Å². The first-order chi connectivity index (χ1) is 17.6. The van der Waals surface area contributed by atoms with E-state index in [4.69, 9.17) is 9.47 Å². The van der Waals surface area contributed by atoms with Crippen molar-refractivity contribution in [1.29, 1.82) is 0 Å². The first-order valence-electron chi connectivity index (χ1n) is 12.7. The van der Waals surface area contributed by atoms with Gasteiger partial charge in [-0.25, -0.2) is 0 Å². The Kier molecular flexibility index (Phi) is 7.98. The molecule has 0 aliphatic carbocycles. The standard InChI is InChI=1S/C30H34N2O4/c33-26(21-35-28-13-12-23-6-1-2-8-25(23)18-28)19-31-14-16-32(17-15-31)20-27(34)22-36-30-11-5-9-24-7-3-4-10-29(24)30/h1-13,18,26-27,33-34H,14-17,19-22H2/t26-,27+/m1/s1. The molecule has 6 nitrogen and oxygen atoms in total. The third-order valence-electron chi connectivity index (χ3n) is 6.75. The summed E-state index contributed by atoms with van der Waals surface area (Å²) in [5.41, 5.74) is 0. The van der Waals surface area contributed by atoms with Gasteiger partial charge in [-0.15, -0.1) is 0 Å². The Labute approximate surface area is 212 Å². The Morgan fingerprint density at radius 3 is 1.92 bits per heavy atom. The minimum atomic E-state index is -0.559. The van der Waals surface area contributed by atoms with Crippen molar-refractivity contribution in [2.24, 2.45) is 0 Å². The van der Waals surface area contributed by atoms with E-state index in [9.17, 15) is 10.2 Å². The Bertz CT molecular complexity index is 1270. The van der Waals surface area contributed by atoms with Crippen LogP contribution in [0, 0.1) is 0 Å². The molecule has 6 heteroatoms. The molecule has 0 bridgehead atoms. The minimum Gasteiger partial charge on any atom is -0.491 e. The fraction of sp³-hybridized carbons (Fsp3) is 0.333. The highest BCUT2D eigenvalue weighted by Crippen LogP contribution is 2.25. The van der Waals surface area contributed by atoms with Crippen LogP contribution in [-0.2, 0) is 0 Å². The number of piperazine rings is 1. The third kappa shape index (κ3) is 6.33. The van der Waals surface area contributed by atoms with Crippen LogP contribution in [0.1, 0.15) is 0 Å². The third-order valence-corrected chi connectivity index (χ3v) is 6.75. The highest BCUT2D eigenvalue weighted by molar-refractivity contribution is 5.88. The van der Waals surface area contributed by atoms with Gasteiger partial charge in [0.25, 0.3) is 0 Å². The van der Waals surface area contributed by atoms with Crippen LogP contribution in [0.5, 0.6) is 11.5 Å². The molecule has 1 heterocycles. The van der Waals surface area contributed by atoms with Crippen molar-refractivity contribution in [3.05, 3.63) is 84.9 Å². The predicted octanol–water partition coefficient (Wildman–Crippen LogP) is 3.79. The molecule has 0 radical (unpaired) electrons. The number of hydrogen-bond donors (Lipinski definition) is 2. The van der Waals surface area contributed by atoms with Crippen molar-refractivity contribution >= 4 is 21.5 Å². The zero-order valence-corrected chi connectivity index (χ0v) is 20.5. The number of aliphatic hydroxyl groups excluding tert-OH is 2. The van der Waals surface area contributed by atoms with Crippen molar-refractivity contribution in [3.63, 3.8) is 0 Å². The molecule has 4 aromatic rings. The number of ether oxygens (including phenoxy) is 2. The van der Waals surface area contributed by atoms with Gasteiger partial charge in [-0.2, -0.15) is 0 Å². The Balaban J connectivity index is 1.02. The summed E-state index contributed by atoms with van der Waals surface area (Å²) >= 11 is 0. The van der Waals surface area contributed by atoms with Crippen LogP contribution in [0.2, 0.25) is 0 Å². The summed E-state index contributed by atoms with van der Waals surface area (Å²) in [4.78, 5) is 4.51. The molecular weight excluding hydrogens is 452 g/mol. The second-order valence-corrected chi connectivity index (χ2v) is 9.52. The number of benzene rings is 4. The molecule has 1 saturated heterocycles. The maximum absolute atomic E-state index is 10.6. The Hall–Kier alpha value is -3.16. The van der Waals surface area contributed by atoms with Crippen LogP contribution in [0.15, 0.2) is 84.9 Å². The van der Waals surface area contributed by atoms with Crippen LogP contribution in [-0.4, -0.2) is 84.7 Å². The quantitative estimate of drug-likeness (QED) is 0.356. The monoisotopic (exact) mass is 486 g/mol. The number of β-amino-alcohol motifs (C(OH)–C–C–N with tert-alkyl or cyclic N) is 2. The topological polar surface area (TPSA) is 65.4 Å². The van der Waals surface area contributed by atoms with E-state index in [1.807, 2.05) is 60.7 Å². The van der Waals surface area contributed by atoms with E-state index in [-0.39, 0.29) is 13.2 Å². The molecule has 5 rings (SSSR count). The van der Waals surface area contributed by atoms with Crippen LogP contribution < -0.4 is 9.47 Å². The largest absolute Gasteiger partial charge is 0.491 e. The van der Waals surface area contributed by atoms with Gasteiger partial charge in [-0.05, 0) is 34.4 Å². The SMILES string of the molecule is O[C@H](COc1cccc2ccccc12)CN1CCN(C[C@@H](O)COc2ccc3ccccc3c2)CC1. The molecule has 1 aliphatic rings. The lowest BCUT2D eigenvalue weighted by atomic mass is 10.1. The van der Waals surface area contributed by atoms with Crippen LogP contribution >= 0.6 is 0 Å². The molecule has 0 saturated carbocycles. The summed E-state index contributed by atoms with van der Waals surface area (Å²) in [5.74, 6) is 1.58. The van der Waals surface area contributed by atoms with Gasteiger partial charge in [0.05, 0.1) is 0 Å². The zero-order valence-electron chi connectivity index (χ0n) is 20.5. The van der Waals surface area contributed by atoms with Crippen LogP contribution in [0.4, 0.5) is 0 Å². The molecule has 2 atom stereocenters. The van der Waals surface area contributed by atoms with Gasteiger partial charge in [0.2, 0.25) is 0 Å². The van der Waals surface area contributed by atoms with Gasteiger partial charge in [0.15, 0.2) is 0 Å². The molecule has 188 valence electrons. The van der Waals surface area contributed by atoms with E-state index in [0.717, 1.165) is 53.8 Å². The Morgan fingerprint density at radius 2 is 1.19 bits per heavy atom. The second kappa shape index (κ2) is 11.7. The zero-order chi connectivity index (χ0) is 24.7. The van der Waals surface area contributed by atoms with E-state index in [1.54, 1.807) is 0 Å². The number of fused-ring (bicyclic) bond motifs is 2. The fourth-order valence-electron chi connectivity index (χ4n) is 4.81. The van der Waals surface area contributed by atoms with E-state index in [1.165, 1.54) is 5.39 Å². The second-order valence-electron chi connectivity index (χ2n) is 9.52. The summed E-state index contributed by atoms with van der Waals surface area (Å²) in [5, 5.41) is 25.6. The van der Waals surface area contributed by atoms with E-state index < -0.39 is 12.2 Å². The first-order valence-corrected chi connectivity index (χ1v) is 12.7. The summed E-state index contributed by atoms with van der Waals surface area (Å²) in [6, 6.07) is 28.3. The maximum Gasteiger partial charge on any atom is 0.127 e. The van der Waals surface area contributed by atoms with Crippen molar-refractivity contribution in [3.8, 4) is 11.5 Å². The number of aliphatic hydroxyl groups is 2. The summed E-state index contributed by atoms with van der Waals surface area (Å²) < 4.78 is 11.8. The molecular formula is C30H34N2O4. The molecule has 0 spiro atoms. The van der Waals surface area contributed by atoms with Gasteiger partial charge in [-0.3, -0.25) is 9.80 Å². The number of nitrogens with zero attached hydrogens (tertiary/aromatic N) is 2. The van der Waals surface area contributed by atoms with Crippen LogP contribution in [0.3, 0.4) is 0 Å². The van der Waals surface area contributed by atoms with E-state index in [2.05, 4.69) is 34.1 Å². The van der Waals surface area contributed by atoms with Gasteiger partial charge in [-0.1, -0.05) is 66.7 Å². The van der Waals surface area contributed by atoms with Gasteiger partial charge < -0.3 is 19.7 Å². The summed E-state index contributed by atoms with van der Waals surface area (Å²) in [7, 11) is 0. The van der Waals surface area contributed by atoms with Crippen molar-refractivity contribution < 1.29 is 19.7 Å². The molecule has 2 N–H and O–H groups in total. The number of rotatable bonds is 10. The molecule has 0 aromatic heterocycles. The summed E-state index contributed by atoms with van der Waals surface area (Å²) in [6.45, 7) is 5.09. The highest BCUT2D eigenvalue weighted by Gasteiger charge is 2.21.